The molecule has 3 aromatic rings. The summed E-state index contributed by atoms with van der Waals surface area (Å²) in [7, 11) is 1.48. The van der Waals surface area contributed by atoms with Crippen LogP contribution in [0.5, 0.6) is 0 Å². The Kier molecular flexibility index (Phi) is 6.91. The van der Waals surface area contributed by atoms with Crippen LogP contribution >= 0.6 is 34.5 Å². The molecule has 0 aliphatic rings. The van der Waals surface area contributed by atoms with Crippen molar-refractivity contribution in [1.82, 2.24) is 30.4 Å². The highest BCUT2D eigenvalue weighted by atomic mass is 35.5. The molecule has 0 bridgehead atoms. The Morgan fingerprint density at radius 1 is 1.19 bits per heavy atom. The van der Waals surface area contributed by atoms with E-state index >= 15 is 0 Å². The Morgan fingerprint density at radius 3 is 2.56 bits per heavy atom. The van der Waals surface area contributed by atoms with Gasteiger partial charge in [0.2, 0.25) is 5.13 Å². The molecule has 0 unspecified atom stereocenters. The molecule has 2 heterocycles. The summed E-state index contributed by atoms with van der Waals surface area (Å²) in [6.07, 6.45) is -2.12. The van der Waals surface area contributed by atoms with E-state index in [1.165, 1.54) is 24.3 Å². The van der Waals surface area contributed by atoms with Crippen molar-refractivity contribution in [2.24, 2.45) is 0 Å². The Balaban J connectivity index is 1.76. The molecule has 0 radical (unpaired) electrons. The molecular formula is C17H14Cl2F3N7O2S. The first-order chi connectivity index (χ1) is 15.0. The number of nitrogens with one attached hydrogen (secondary N) is 3. The number of hydrogen-bond acceptors (Lipinski definition) is 6. The van der Waals surface area contributed by atoms with Crippen molar-refractivity contribution in [3.05, 3.63) is 51.0 Å². The lowest BCUT2D eigenvalue weighted by Crippen LogP contribution is -2.32. The number of nitrogens with zero attached hydrogens (tertiary/aromatic N) is 4. The molecule has 170 valence electrons. The number of hydrogen-bond donors (Lipinski definition) is 3. The van der Waals surface area contributed by atoms with Gasteiger partial charge < -0.3 is 16.0 Å². The van der Waals surface area contributed by atoms with Crippen LogP contribution in [0.1, 0.15) is 34.0 Å². The summed E-state index contributed by atoms with van der Waals surface area (Å²) in [4.78, 5) is 32.7. The standard InChI is InChI=1S/C17H14Cl2F3N7O2S/c1-7(13-25-6-26-29(13)16-24-5-12(32-16)14(30)23-2)27-15(31)28-11-3-8(17(20,21)22)9(18)4-10(11)19/h3-7H,1-2H3,(H,23,30)(H2,27,28,31)/t7-/m0/s1. The largest absolute Gasteiger partial charge is 0.417 e. The number of thiazole rings is 1. The van der Waals surface area contributed by atoms with Crippen LogP contribution in [0.4, 0.5) is 23.7 Å². The zero-order chi connectivity index (χ0) is 23.6. The van der Waals surface area contributed by atoms with Crippen molar-refractivity contribution in [2.75, 3.05) is 12.4 Å². The van der Waals surface area contributed by atoms with E-state index in [-0.39, 0.29) is 22.4 Å². The van der Waals surface area contributed by atoms with Crippen LogP contribution in [0.2, 0.25) is 10.0 Å². The van der Waals surface area contributed by atoms with Gasteiger partial charge in [-0.3, -0.25) is 4.79 Å². The molecule has 9 nitrogen and oxygen atoms in total. The lowest BCUT2D eigenvalue weighted by Gasteiger charge is -2.16. The van der Waals surface area contributed by atoms with Crippen molar-refractivity contribution in [1.29, 1.82) is 0 Å². The summed E-state index contributed by atoms with van der Waals surface area (Å²) >= 11 is 12.6. The summed E-state index contributed by atoms with van der Waals surface area (Å²) in [5.74, 6) is -0.0461. The molecule has 0 spiro atoms. The van der Waals surface area contributed by atoms with Gasteiger partial charge in [-0.15, -0.1) is 0 Å². The van der Waals surface area contributed by atoms with Crippen LogP contribution < -0.4 is 16.0 Å². The number of rotatable bonds is 5. The monoisotopic (exact) mass is 507 g/mol. The average molecular weight is 508 g/mol. The first kappa shape index (κ1) is 23.8. The molecule has 3 rings (SSSR count). The van der Waals surface area contributed by atoms with E-state index in [2.05, 4.69) is 31.0 Å². The fourth-order valence-corrected chi connectivity index (χ4v) is 3.93. The second-order valence-corrected chi connectivity index (χ2v) is 8.07. The lowest BCUT2D eigenvalue weighted by atomic mass is 10.2. The number of carbonyl (C=O) groups excluding carboxylic acids is 2. The Labute approximate surface area is 192 Å². The molecule has 0 saturated carbocycles. The number of aromatic nitrogens is 4. The van der Waals surface area contributed by atoms with Crippen molar-refractivity contribution >= 4 is 52.2 Å². The van der Waals surface area contributed by atoms with Crippen molar-refractivity contribution < 1.29 is 22.8 Å². The van der Waals surface area contributed by atoms with Gasteiger partial charge in [0.1, 0.15) is 11.2 Å². The molecule has 2 aromatic heterocycles. The van der Waals surface area contributed by atoms with Gasteiger partial charge in [-0.2, -0.15) is 23.0 Å². The van der Waals surface area contributed by atoms with E-state index in [0.29, 0.717) is 16.1 Å². The number of amides is 3. The zero-order valence-electron chi connectivity index (χ0n) is 16.3. The van der Waals surface area contributed by atoms with Crippen molar-refractivity contribution in [3.63, 3.8) is 0 Å². The SMILES string of the molecule is CNC(=O)c1cnc(-n2ncnc2[C@H](C)NC(=O)Nc2cc(C(F)(F)F)c(Cl)cc2Cl)s1. The highest BCUT2D eigenvalue weighted by Crippen LogP contribution is 2.39. The topological polar surface area (TPSA) is 114 Å². The maximum atomic E-state index is 13.1. The molecule has 0 saturated heterocycles. The predicted octanol–water partition coefficient (Wildman–Crippen LogP) is 4.29. The number of anilines is 1. The second-order valence-electron chi connectivity index (χ2n) is 6.25. The molecule has 1 atom stereocenters. The van der Waals surface area contributed by atoms with Crippen LogP contribution in [0.15, 0.2) is 24.7 Å². The van der Waals surface area contributed by atoms with Crippen LogP contribution in [0.3, 0.4) is 0 Å². The summed E-state index contributed by atoms with van der Waals surface area (Å²) in [6, 6.07) is -0.0333. The fourth-order valence-electron chi connectivity index (χ4n) is 2.57. The van der Waals surface area contributed by atoms with Gasteiger partial charge in [0, 0.05) is 7.05 Å². The van der Waals surface area contributed by atoms with Gasteiger partial charge in [-0.25, -0.2) is 14.8 Å². The van der Waals surface area contributed by atoms with Crippen molar-refractivity contribution in [2.45, 2.75) is 19.1 Å². The molecule has 0 fully saturated rings. The summed E-state index contributed by atoms with van der Waals surface area (Å²) in [6.45, 7) is 1.58. The summed E-state index contributed by atoms with van der Waals surface area (Å²) in [5.41, 5.74) is -1.41. The molecule has 32 heavy (non-hydrogen) atoms. The highest BCUT2D eigenvalue weighted by Gasteiger charge is 2.34. The van der Waals surface area contributed by atoms with Crippen LogP contribution in [-0.4, -0.2) is 38.7 Å². The molecule has 15 heteroatoms. The average Bonchev–Trinajstić information content (AvgIpc) is 3.37. The first-order valence-electron chi connectivity index (χ1n) is 8.73. The fraction of sp³-hybridized carbons (Fsp3) is 0.235. The van der Waals surface area contributed by atoms with E-state index in [4.69, 9.17) is 23.2 Å². The zero-order valence-corrected chi connectivity index (χ0v) is 18.6. The third-order valence-electron chi connectivity index (χ3n) is 4.04. The smallest absolute Gasteiger partial charge is 0.354 e. The Bertz CT molecular complexity index is 1170. The van der Waals surface area contributed by atoms with E-state index in [0.717, 1.165) is 17.4 Å². The number of urea groups is 1. The number of carbonyl (C=O) groups is 2. The summed E-state index contributed by atoms with van der Waals surface area (Å²) in [5, 5.41) is 10.9. The third-order valence-corrected chi connectivity index (χ3v) is 5.64. The van der Waals surface area contributed by atoms with Gasteiger partial charge >= 0.3 is 12.2 Å². The first-order valence-corrected chi connectivity index (χ1v) is 10.3. The quantitative estimate of drug-likeness (QED) is 0.476. The van der Waals surface area contributed by atoms with Crippen LogP contribution in [0, 0.1) is 0 Å². The van der Waals surface area contributed by atoms with Gasteiger partial charge in [0.05, 0.1) is 33.5 Å². The van der Waals surface area contributed by atoms with Gasteiger partial charge in [-0.1, -0.05) is 34.5 Å². The molecular weight excluding hydrogens is 494 g/mol. The van der Waals surface area contributed by atoms with Gasteiger partial charge in [-0.05, 0) is 19.1 Å². The maximum Gasteiger partial charge on any atom is 0.417 e. The molecule has 3 N–H and O–H groups in total. The normalized spacial score (nSPS) is 12.3. The maximum absolute atomic E-state index is 13.1. The van der Waals surface area contributed by atoms with E-state index in [1.54, 1.807) is 6.92 Å². The van der Waals surface area contributed by atoms with Crippen LogP contribution in [0.25, 0.3) is 5.13 Å². The third kappa shape index (κ3) is 5.11. The number of halogens is 5. The molecule has 1 aromatic carbocycles. The second kappa shape index (κ2) is 9.30. The van der Waals surface area contributed by atoms with E-state index < -0.39 is 28.8 Å². The Morgan fingerprint density at radius 2 is 1.91 bits per heavy atom. The van der Waals surface area contributed by atoms with Gasteiger partial charge in [0.15, 0.2) is 5.82 Å². The summed E-state index contributed by atoms with van der Waals surface area (Å²) < 4.78 is 40.5. The number of benzene rings is 1. The van der Waals surface area contributed by atoms with Crippen molar-refractivity contribution in [3.8, 4) is 5.13 Å². The highest BCUT2D eigenvalue weighted by molar-refractivity contribution is 7.16. The van der Waals surface area contributed by atoms with E-state index in [1.807, 2.05) is 0 Å². The van der Waals surface area contributed by atoms with Crippen LogP contribution in [-0.2, 0) is 6.18 Å². The number of alkyl halides is 3. The minimum atomic E-state index is -4.72. The van der Waals surface area contributed by atoms with E-state index in [9.17, 15) is 22.8 Å². The molecule has 0 aliphatic heterocycles. The minimum Gasteiger partial charge on any atom is -0.354 e. The molecule has 3 amide bonds. The molecule has 0 aliphatic carbocycles. The van der Waals surface area contributed by atoms with Gasteiger partial charge in [0.25, 0.3) is 5.91 Å². The Hall–Kier alpha value is -2.90. The minimum absolute atomic E-state index is 0.168. The predicted molar refractivity (Wildman–Crippen MR) is 112 cm³/mol. The lowest BCUT2D eigenvalue weighted by molar-refractivity contribution is -0.137.